The molecule has 0 saturated heterocycles. The Balaban J connectivity index is 2.32. The van der Waals surface area contributed by atoms with Crippen LogP contribution in [0.25, 0.3) is 0 Å². The summed E-state index contributed by atoms with van der Waals surface area (Å²) >= 11 is 0. The van der Waals surface area contributed by atoms with Crippen LogP contribution in [0.4, 0.5) is 0 Å². The molecule has 0 unspecified atom stereocenters. The predicted molar refractivity (Wildman–Crippen MR) is 59.9 cm³/mol. The zero-order chi connectivity index (χ0) is 12.0. The van der Waals surface area contributed by atoms with Gasteiger partial charge in [0.1, 0.15) is 0 Å². The number of nitrogens with zero attached hydrogens (tertiary/aromatic N) is 1. The smallest absolute Gasteiger partial charge is 0.264 e. The second-order valence-electron chi connectivity index (χ2n) is 3.34. The van der Waals surface area contributed by atoms with E-state index in [1.54, 1.807) is 19.4 Å². The summed E-state index contributed by atoms with van der Waals surface area (Å²) in [6.45, 7) is 0.199. The highest BCUT2D eigenvalue weighted by Gasteiger charge is 2.01. The van der Waals surface area contributed by atoms with Crippen molar-refractivity contribution >= 4 is 10.1 Å². The standard InChI is InChI=1S/C10H15NO4S/c1-14-10-6-5-9(8-11-10)4-3-7-15-16(2,12)13/h5-6,8H,3-4,7H2,1-2H3. The number of hydrogen-bond donors (Lipinski definition) is 0. The number of pyridine rings is 1. The van der Waals surface area contributed by atoms with Gasteiger partial charge in [0.05, 0.1) is 20.0 Å². The lowest BCUT2D eigenvalue weighted by atomic mass is 10.2. The number of rotatable bonds is 6. The quantitative estimate of drug-likeness (QED) is 0.552. The van der Waals surface area contributed by atoms with Gasteiger partial charge < -0.3 is 4.74 Å². The SMILES string of the molecule is COc1ccc(CCCOS(C)(=O)=O)cn1. The van der Waals surface area contributed by atoms with E-state index in [1.165, 1.54) is 0 Å². The van der Waals surface area contributed by atoms with Crippen LogP contribution in [0.15, 0.2) is 18.3 Å². The fraction of sp³-hybridized carbons (Fsp3) is 0.500. The minimum absolute atomic E-state index is 0.199. The van der Waals surface area contributed by atoms with Crippen LogP contribution in [0.3, 0.4) is 0 Å². The van der Waals surface area contributed by atoms with Crippen LogP contribution < -0.4 is 4.74 Å². The molecule has 0 saturated carbocycles. The van der Waals surface area contributed by atoms with Crippen LogP contribution >= 0.6 is 0 Å². The molecular weight excluding hydrogens is 230 g/mol. The van der Waals surface area contributed by atoms with E-state index in [4.69, 9.17) is 4.74 Å². The Kier molecular flexibility index (Phi) is 4.70. The highest BCUT2D eigenvalue weighted by molar-refractivity contribution is 7.85. The Morgan fingerprint density at radius 1 is 1.38 bits per heavy atom. The fourth-order valence-corrected chi connectivity index (χ4v) is 1.59. The number of aryl methyl sites for hydroxylation is 1. The molecule has 0 N–H and O–H groups in total. The molecule has 1 aromatic heterocycles. The molecule has 0 aliphatic carbocycles. The van der Waals surface area contributed by atoms with E-state index in [1.807, 2.05) is 6.07 Å². The van der Waals surface area contributed by atoms with E-state index in [0.29, 0.717) is 12.3 Å². The average molecular weight is 245 g/mol. The van der Waals surface area contributed by atoms with Gasteiger partial charge >= 0.3 is 0 Å². The van der Waals surface area contributed by atoms with Crippen molar-refractivity contribution < 1.29 is 17.3 Å². The summed E-state index contributed by atoms with van der Waals surface area (Å²) in [4.78, 5) is 4.04. The molecule has 0 aromatic carbocycles. The zero-order valence-corrected chi connectivity index (χ0v) is 10.2. The van der Waals surface area contributed by atoms with E-state index < -0.39 is 10.1 Å². The molecule has 0 fully saturated rings. The monoisotopic (exact) mass is 245 g/mol. The first-order chi connectivity index (χ1) is 7.51. The highest BCUT2D eigenvalue weighted by Crippen LogP contribution is 2.08. The number of hydrogen-bond acceptors (Lipinski definition) is 5. The van der Waals surface area contributed by atoms with E-state index in [9.17, 15) is 8.42 Å². The molecule has 90 valence electrons. The van der Waals surface area contributed by atoms with Gasteiger partial charge in [-0.1, -0.05) is 6.07 Å². The Morgan fingerprint density at radius 2 is 2.12 bits per heavy atom. The van der Waals surface area contributed by atoms with Crippen molar-refractivity contribution in [1.29, 1.82) is 0 Å². The van der Waals surface area contributed by atoms with Crippen molar-refractivity contribution in [2.45, 2.75) is 12.8 Å². The van der Waals surface area contributed by atoms with Gasteiger partial charge in [0.2, 0.25) is 5.88 Å². The highest BCUT2D eigenvalue weighted by atomic mass is 32.2. The molecule has 1 heterocycles. The molecule has 6 heteroatoms. The first-order valence-corrected chi connectivity index (χ1v) is 6.66. The lowest BCUT2D eigenvalue weighted by Crippen LogP contribution is -2.05. The van der Waals surface area contributed by atoms with E-state index >= 15 is 0 Å². The van der Waals surface area contributed by atoms with Gasteiger partial charge in [0, 0.05) is 12.3 Å². The number of aromatic nitrogens is 1. The summed E-state index contributed by atoms with van der Waals surface area (Å²) in [7, 11) is -1.77. The maximum Gasteiger partial charge on any atom is 0.264 e. The van der Waals surface area contributed by atoms with Gasteiger partial charge in [-0.25, -0.2) is 4.98 Å². The van der Waals surface area contributed by atoms with Crippen LogP contribution in [0, 0.1) is 0 Å². The minimum Gasteiger partial charge on any atom is -0.481 e. The average Bonchev–Trinajstić information content (AvgIpc) is 2.24. The van der Waals surface area contributed by atoms with Gasteiger partial charge in [0.15, 0.2) is 0 Å². The van der Waals surface area contributed by atoms with Crippen LogP contribution in [0.2, 0.25) is 0 Å². The van der Waals surface area contributed by atoms with E-state index in [-0.39, 0.29) is 6.61 Å². The molecule has 0 aliphatic rings. The molecule has 0 radical (unpaired) electrons. The molecule has 0 spiro atoms. The Labute approximate surface area is 95.5 Å². The summed E-state index contributed by atoms with van der Waals surface area (Å²) in [6.07, 6.45) is 4.12. The lowest BCUT2D eigenvalue weighted by molar-refractivity contribution is 0.316. The largest absolute Gasteiger partial charge is 0.481 e. The molecule has 0 aliphatic heterocycles. The van der Waals surface area contributed by atoms with E-state index in [2.05, 4.69) is 9.17 Å². The van der Waals surface area contributed by atoms with Crippen molar-refractivity contribution in [2.24, 2.45) is 0 Å². The van der Waals surface area contributed by atoms with Crippen LogP contribution in [0.5, 0.6) is 5.88 Å². The maximum absolute atomic E-state index is 10.7. The van der Waals surface area contributed by atoms with Gasteiger partial charge in [-0.3, -0.25) is 4.18 Å². The molecular formula is C10H15NO4S. The second kappa shape index (κ2) is 5.81. The Hall–Kier alpha value is -1.14. The van der Waals surface area contributed by atoms with Crippen LogP contribution in [-0.4, -0.2) is 33.4 Å². The topological polar surface area (TPSA) is 65.5 Å². The van der Waals surface area contributed by atoms with Crippen molar-refractivity contribution in [3.8, 4) is 5.88 Å². The molecule has 1 aromatic rings. The summed E-state index contributed by atoms with van der Waals surface area (Å²) < 4.78 is 30.9. The summed E-state index contributed by atoms with van der Waals surface area (Å²) in [5.74, 6) is 0.566. The summed E-state index contributed by atoms with van der Waals surface area (Å²) in [5, 5.41) is 0. The number of methoxy groups -OCH3 is 1. The third-order valence-corrected chi connectivity index (χ3v) is 2.51. The third-order valence-electron chi connectivity index (χ3n) is 1.91. The predicted octanol–water partition coefficient (Wildman–Crippen LogP) is 0.999. The Morgan fingerprint density at radius 3 is 2.62 bits per heavy atom. The van der Waals surface area contributed by atoms with Crippen molar-refractivity contribution in [3.63, 3.8) is 0 Å². The molecule has 16 heavy (non-hydrogen) atoms. The zero-order valence-electron chi connectivity index (χ0n) is 9.34. The van der Waals surface area contributed by atoms with E-state index in [0.717, 1.165) is 18.2 Å². The minimum atomic E-state index is -3.32. The first kappa shape index (κ1) is 12.9. The van der Waals surface area contributed by atoms with Crippen LogP contribution in [0.1, 0.15) is 12.0 Å². The molecule has 5 nitrogen and oxygen atoms in total. The maximum atomic E-state index is 10.7. The first-order valence-electron chi connectivity index (χ1n) is 4.84. The van der Waals surface area contributed by atoms with Gasteiger partial charge in [-0.05, 0) is 18.4 Å². The van der Waals surface area contributed by atoms with Crippen LogP contribution in [-0.2, 0) is 20.7 Å². The fourth-order valence-electron chi connectivity index (χ4n) is 1.17. The molecule has 1 rings (SSSR count). The molecule has 0 amide bonds. The van der Waals surface area contributed by atoms with Gasteiger partial charge in [-0.2, -0.15) is 8.42 Å². The lowest BCUT2D eigenvalue weighted by Gasteiger charge is -2.03. The van der Waals surface area contributed by atoms with Crippen molar-refractivity contribution in [2.75, 3.05) is 20.0 Å². The molecule has 0 atom stereocenters. The Bertz CT molecular complexity index is 413. The number of ether oxygens (including phenoxy) is 1. The molecule has 0 bridgehead atoms. The second-order valence-corrected chi connectivity index (χ2v) is 4.98. The summed E-state index contributed by atoms with van der Waals surface area (Å²) in [6, 6.07) is 3.67. The normalized spacial score (nSPS) is 11.4. The van der Waals surface area contributed by atoms with Crippen molar-refractivity contribution in [1.82, 2.24) is 4.98 Å². The van der Waals surface area contributed by atoms with Crippen molar-refractivity contribution in [3.05, 3.63) is 23.9 Å². The van der Waals surface area contributed by atoms with Gasteiger partial charge in [0.25, 0.3) is 10.1 Å². The summed E-state index contributed by atoms with van der Waals surface area (Å²) in [5.41, 5.74) is 1.03. The van der Waals surface area contributed by atoms with Gasteiger partial charge in [-0.15, -0.1) is 0 Å². The third kappa shape index (κ3) is 5.09.